The Hall–Kier alpha value is -1.84. The van der Waals surface area contributed by atoms with Gasteiger partial charge in [0.15, 0.2) is 0 Å². The number of amides is 1. The van der Waals surface area contributed by atoms with Gasteiger partial charge >= 0.3 is 5.97 Å². The number of rotatable bonds is 8. The summed E-state index contributed by atoms with van der Waals surface area (Å²) in [5.41, 5.74) is 1.04. The molecule has 0 aliphatic rings. The maximum absolute atomic E-state index is 11.8. The smallest absolute Gasteiger partial charge is 0.338 e. The average Bonchev–Trinajstić information content (AvgIpc) is 2.47. The zero-order valence-electron chi connectivity index (χ0n) is 12.3. The van der Waals surface area contributed by atoms with Gasteiger partial charge in [-0.1, -0.05) is 26.7 Å². The predicted molar refractivity (Wildman–Crippen MR) is 78.9 cm³/mol. The number of carbonyl (C=O) groups excluding carboxylic acids is 2. The minimum absolute atomic E-state index is 0.107. The molecule has 0 atom stereocenters. The summed E-state index contributed by atoms with van der Waals surface area (Å²) in [6, 6.07) is 6.56. The maximum atomic E-state index is 11.8. The van der Waals surface area contributed by atoms with Crippen LogP contribution in [0.4, 0.5) is 0 Å². The van der Waals surface area contributed by atoms with E-state index in [4.69, 9.17) is 4.74 Å². The zero-order chi connectivity index (χ0) is 14.8. The van der Waals surface area contributed by atoms with Crippen LogP contribution in [0.25, 0.3) is 0 Å². The van der Waals surface area contributed by atoms with Crippen LogP contribution in [0.3, 0.4) is 0 Å². The molecule has 0 aliphatic heterocycles. The van der Waals surface area contributed by atoms with Gasteiger partial charge in [0.1, 0.15) is 0 Å². The first-order valence-corrected chi connectivity index (χ1v) is 7.24. The van der Waals surface area contributed by atoms with E-state index in [9.17, 15) is 9.59 Å². The number of hydrogen-bond donors (Lipinski definition) is 1. The summed E-state index contributed by atoms with van der Waals surface area (Å²) >= 11 is 0. The molecule has 1 aromatic rings. The van der Waals surface area contributed by atoms with Crippen molar-refractivity contribution in [3.8, 4) is 0 Å². The lowest BCUT2D eigenvalue weighted by Crippen LogP contribution is -2.24. The lowest BCUT2D eigenvalue weighted by molar-refractivity contribution is 0.0499. The molecule has 0 saturated carbocycles. The van der Waals surface area contributed by atoms with Crippen molar-refractivity contribution >= 4 is 11.9 Å². The highest BCUT2D eigenvalue weighted by molar-refractivity contribution is 5.96. The molecule has 0 unspecified atom stereocenters. The van der Waals surface area contributed by atoms with Crippen LogP contribution in [0.5, 0.6) is 0 Å². The van der Waals surface area contributed by atoms with Gasteiger partial charge in [0.05, 0.1) is 12.2 Å². The Morgan fingerprint density at radius 2 is 1.60 bits per heavy atom. The molecular weight excluding hydrogens is 254 g/mol. The molecule has 20 heavy (non-hydrogen) atoms. The second-order valence-electron chi connectivity index (χ2n) is 4.68. The average molecular weight is 277 g/mol. The van der Waals surface area contributed by atoms with Crippen LogP contribution in [-0.2, 0) is 4.74 Å². The first kappa shape index (κ1) is 16.2. The molecule has 4 nitrogen and oxygen atoms in total. The Labute approximate surface area is 120 Å². The maximum Gasteiger partial charge on any atom is 0.338 e. The molecule has 1 rings (SSSR count). The molecule has 0 aromatic heterocycles. The van der Waals surface area contributed by atoms with Gasteiger partial charge in [-0.15, -0.1) is 0 Å². The Balaban J connectivity index is 2.50. The van der Waals surface area contributed by atoms with Gasteiger partial charge in [0.25, 0.3) is 5.91 Å². The van der Waals surface area contributed by atoms with Crippen LogP contribution in [0.1, 0.15) is 60.2 Å². The highest BCUT2D eigenvalue weighted by Gasteiger charge is 2.09. The van der Waals surface area contributed by atoms with Crippen molar-refractivity contribution in [1.82, 2.24) is 5.32 Å². The fourth-order valence-corrected chi connectivity index (χ4v) is 1.63. The van der Waals surface area contributed by atoms with Crippen molar-refractivity contribution in [1.29, 1.82) is 0 Å². The summed E-state index contributed by atoms with van der Waals surface area (Å²) in [6.07, 6.45) is 3.87. The summed E-state index contributed by atoms with van der Waals surface area (Å²) in [5.74, 6) is -0.444. The number of benzene rings is 1. The van der Waals surface area contributed by atoms with E-state index in [1.807, 2.05) is 6.92 Å². The molecule has 1 amide bonds. The normalized spacial score (nSPS) is 10.1. The number of carbonyl (C=O) groups is 2. The molecule has 110 valence electrons. The Bertz CT molecular complexity index is 385. The van der Waals surface area contributed by atoms with Crippen molar-refractivity contribution in [3.05, 3.63) is 35.4 Å². The van der Waals surface area contributed by atoms with E-state index in [1.54, 1.807) is 24.3 Å². The molecule has 1 N–H and O–H groups in total. The van der Waals surface area contributed by atoms with Gasteiger partial charge in [-0.25, -0.2) is 4.79 Å². The van der Waals surface area contributed by atoms with Gasteiger partial charge < -0.3 is 10.1 Å². The molecule has 0 fully saturated rings. The quantitative estimate of drug-likeness (QED) is 0.586. The van der Waals surface area contributed by atoms with Crippen molar-refractivity contribution in [3.63, 3.8) is 0 Å². The highest BCUT2D eigenvalue weighted by atomic mass is 16.5. The molecule has 0 radical (unpaired) electrons. The van der Waals surface area contributed by atoms with Gasteiger partial charge in [-0.05, 0) is 37.1 Å². The topological polar surface area (TPSA) is 55.4 Å². The first-order valence-electron chi connectivity index (χ1n) is 7.24. The van der Waals surface area contributed by atoms with Crippen LogP contribution in [0.2, 0.25) is 0 Å². The van der Waals surface area contributed by atoms with E-state index in [1.165, 1.54) is 0 Å². The molecule has 0 heterocycles. The first-order chi connectivity index (χ1) is 9.69. The molecule has 1 aromatic carbocycles. The molecule has 0 aliphatic carbocycles. The lowest BCUT2D eigenvalue weighted by Gasteiger charge is -2.06. The van der Waals surface area contributed by atoms with Gasteiger partial charge in [0.2, 0.25) is 0 Å². The molecular formula is C16H23NO3. The third-order valence-corrected chi connectivity index (χ3v) is 2.93. The third kappa shape index (κ3) is 5.43. The van der Waals surface area contributed by atoms with Crippen molar-refractivity contribution in [2.45, 2.75) is 39.5 Å². The van der Waals surface area contributed by atoms with E-state index in [0.29, 0.717) is 24.3 Å². The monoisotopic (exact) mass is 277 g/mol. The molecule has 0 spiro atoms. The molecule has 0 bridgehead atoms. The predicted octanol–water partition coefficient (Wildman–Crippen LogP) is 3.17. The SMILES string of the molecule is CCCCNC(=O)c1ccc(C(=O)OCCCC)cc1. The fourth-order valence-electron chi connectivity index (χ4n) is 1.63. The molecule has 4 heteroatoms. The Kier molecular flexibility index (Phi) is 7.40. The largest absolute Gasteiger partial charge is 0.462 e. The van der Waals surface area contributed by atoms with Gasteiger partial charge in [-0.2, -0.15) is 0 Å². The summed E-state index contributed by atoms with van der Waals surface area (Å²) in [5, 5.41) is 2.84. The zero-order valence-corrected chi connectivity index (χ0v) is 12.3. The van der Waals surface area contributed by atoms with Crippen molar-refractivity contribution < 1.29 is 14.3 Å². The van der Waals surface area contributed by atoms with E-state index in [0.717, 1.165) is 25.7 Å². The standard InChI is InChI=1S/C16H23NO3/c1-3-5-11-17-15(18)13-7-9-14(10-8-13)16(19)20-12-6-4-2/h7-10H,3-6,11-12H2,1-2H3,(H,17,18). The summed E-state index contributed by atoms with van der Waals surface area (Å²) in [6.45, 7) is 5.23. The number of unbranched alkanes of at least 4 members (excludes halogenated alkanes) is 2. The second-order valence-corrected chi connectivity index (χ2v) is 4.68. The number of hydrogen-bond acceptors (Lipinski definition) is 3. The van der Waals surface area contributed by atoms with Gasteiger partial charge in [0, 0.05) is 12.1 Å². The summed E-state index contributed by atoms with van der Waals surface area (Å²) in [4.78, 5) is 23.5. The van der Waals surface area contributed by atoms with Crippen molar-refractivity contribution in [2.75, 3.05) is 13.2 Å². The molecule has 0 saturated heterocycles. The van der Waals surface area contributed by atoms with Crippen LogP contribution in [-0.4, -0.2) is 25.0 Å². The number of esters is 1. The van der Waals surface area contributed by atoms with E-state index < -0.39 is 0 Å². The summed E-state index contributed by atoms with van der Waals surface area (Å²) < 4.78 is 5.11. The number of nitrogens with one attached hydrogen (secondary N) is 1. The highest BCUT2D eigenvalue weighted by Crippen LogP contribution is 2.07. The Morgan fingerprint density at radius 3 is 2.20 bits per heavy atom. The van der Waals surface area contributed by atoms with E-state index in [2.05, 4.69) is 12.2 Å². The Morgan fingerprint density at radius 1 is 1.00 bits per heavy atom. The lowest BCUT2D eigenvalue weighted by atomic mass is 10.1. The van der Waals surface area contributed by atoms with Gasteiger partial charge in [-0.3, -0.25) is 4.79 Å². The minimum Gasteiger partial charge on any atom is -0.462 e. The van der Waals surface area contributed by atoms with Crippen molar-refractivity contribution in [2.24, 2.45) is 0 Å². The van der Waals surface area contributed by atoms with E-state index in [-0.39, 0.29) is 11.9 Å². The second kappa shape index (κ2) is 9.13. The third-order valence-electron chi connectivity index (χ3n) is 2.93. The van der Waals surface area contributed by atoms with Crippen LogP contribution in [0, 0.1) is 0 Å². The van der Waals surface area contributed by atoms with Crippen LogP contribution in [0.15, 0.2) is 24.3 Å². The van der Waals surface area contributed by atoms with E-state index >= 15 is 0 Å². The van der Waals surface area contributed by atoms with Crippen LogP contribution < -0.4 is 5.32 Å². The van der Waals surface area contributed by atoms with Crippen LogP contribution >= 0.6 is 0 Å². The summed E-state index contributed by atoms with van der Waals surface area (Å²) in [7, 11) is 0. The fraction of sp³-hybridized carbons (Fsp3) is 0.500. The minimum atomic E-state index is -0.337. The number of ether oxygens (including phenoxy) is 1.